The van der Waals surface area contributed by atoms with E-state index in [9.17, 15) is 9.59 Å². The van der Waals surface area contributed by atoms with Crippen LogP contribution in [0.5, 0.6) is 0 Å². The van der Waals surface area contributed by atoms with E-state index < -0.39 is 17.4 Å². The molecule has 5 heteroatoms. The van der Waals surface area contributed by atoms with E-state index >= 15 is 0 Å². The summed E-state index contributed by atoms with van der Waals surface area (Å²) in [5, 5.41) is 14.7. The van der Waals surface area contributed by atoms with Crippen molar-refractivity contribution in [2.75, 3.05) is 6.54 Å². The van der Waals surface area contributed by atoms with Gasteiger partial charge in [-0.3, -0.25) is 9.59 Å². The molecule has 0 aromatic rings. The van der Waals surface area contributed by atoms with E-state index in [2.05, 4.69) is 10.6 Å². The minimum atomic E-state index is -0.891. The van der Waals surface area contributed by atoms with Gasteiger partial charge in [-0.05, 0) is 40.2 Å². The first-order chi connectivity index (χ1) is 7.37. The molecule has 1 amide bonds. The van der Waals surface area contributed by atoms with Crippen molar-refractivity contribution in [3.63, 3.8) is 0 Å². The molecule has 1 heterocycles. The zero-order chi connectivity index (χ0) is 12.3. The molecular formula is C11H20N2O3. The second-order valence-corrected chi connectivity index (χ2v) is 4.75. The summed E-state index contributed by atoms with van der Waals surface area (Å²) >= 11 is 0. The van der Waals surface area contributed by atoms with Crippen molar-refractivity contribution in [1.82, 2.24) is 10.6 Å². The highest BCUT2D eigenvalue weighted by Gasteiger charge is 2.37. The molecule has 0 saturated carbocycles. The first kappa shape index (κ1) is 13.0. The Bertz CT molecular complexity index is 285. The number of carboxylic acid groups (broad SMARTS) is 1. The van der Waals surface area contributed by atoms with E-state index in [1.807, 2.05) is 6.92 Å². The van der Waals surface area contributed by atoms with Crippen LogP contribution in [-0.4, -0.2) is 35.1 Å². The number of hydrogen-bond donors (Lipinski definition) is 3. The van der Waals surface area contributed by atoms with Gasteiger partial charge in [-0.15, -0.1) is 0 Å². The van der Waals surface area contributed by atoms with Gasteiger partial charge in [0.15, 0.2) is 0 Å². The second-order valence-electron chi connectivity index (χ2n) is 4.75. The lowest BCUT2D eigenvalue weighted by atomic mass is 9.97. The lowest BCUT2D eigenvalue weighted by Gasteiger charge is -2.27. The standard InChI is InChI=1S/C11H20N2O3/c1-7(9(14)15)8(2)13-10(16)11(3)5-4-6-12-11/h7-8,12H,4-6H2,1-3H3,(H,13,16)(H,14,15). The number of carboxylic acids is 1. The third kappa shape index (κ3) is 2.72. The molecule has 16 heavy (non-hydrogen) atoms. The van der Waals surface area contributed by atoms with Crippen LogP contribution in [0.4, 0.5) is 0 Å². The van der Waals surface area contributed by atoms with Gasteiger partial charge in [-0.2, -0.15) is 0 Å². The maximum absolute atomic E-state index is 11.9. The molecule has 92 valence electrons. The lowest BCUT2D eigenvalue weighted by molar-refractivity contribution is -0.142. The maximum atomic E-state index is 11.9. The van der Waals surface area contributed by atoms with E-state index in [1.165, 1.54) is 0 Å². The Labute approximate surface area is 95.6 Å². The van der Waals surface area contributed by atoms with Gasteiger partial charge in [0.1, 0.15) is 0 Å². The van der Waals surface area contributed by atoms with Crippen molar-refractivity contribution in [2.45, 2.75) is 45.2 Å². The van der Waals surface area contributed by atoms with Crippen LogP contribution in [0, 0.1) is 5.92 Å². The molecule has 1 aliphatic heterocycles. The van der Waals surface area contributed by atoms with E-state index in [-0.39, 0.29) is 11.9 Å². The highest BCUT2D eigenvalue weighted by molar-refractivity contribution is 5.87. The monoisotopic (exact) mass is 228 g/mol. The van der Waals surface area contributed by atoms with Crippen LogP contribution in [0.3, 0.4) is 0 Å². The molecule has 1 saturated heterocycles. The van der Waals surface area contributed by atoms with Gasteiger partial charge >= 0.3 is 5.97 Å². The van der Waals surface area contributed by atoms with Crippen LogP contribution < -0.4 is 10.6 Å². The van der Waals surface area contributed by atoms with Crippen molar-refractivity contribution in [2.24, 2.45) is 5.92 Å². The Hall–Kier alpha value is -1.10. The number of aliphatic carboxylic acids is 1. The van der Waals surface area contributed by atoms with Crippen molar-refractivity contribution in [3.05, 3.63) is 0 Å². The van der Waals surface area contributed by atoms with E-state index in [4.69, 9.17) is 5.11 Å². The fourth-order valence-electron chi connectivity index (χ4n) is 1.79. The highest BCUT2D eigenvalue weighted by atomic mass is 16.4. The summed E-state index contributed by atoms with van der Waals surface area (Å²) in [6.07, 6.45) is 1.78. The van der Waals surface area contributed by atoms with Gasteiger partial charge in [0, 0.05) is 6.04 Å². The fraction of sp³-hybridized carbons (Fsp3) is 0.818. The Morgan fingerprint density at radius 3 is 2.50 bits per heavy atom. The summed E-state index contributed by atoms with van der Waals surface area (Å²) in [7, 11) is 0. The van der Waals surface area contributed by atoms with E-state index in [0.717, 1.165) is 19.4 Å². The quantitative estimate of drug-likeness (QED) is 0.649. The molecule has 0 aliphatic carbocycles. The van der Waals surface area contributed by atoms with Crippen molar-refractivity contribution in [1.29, 1.82) is 0 Å². The number of amides is 1. The Balaban J connectivity index is 2.54. The van der Waals surface area contributed by atoms with E-state index in [1.54, 1.807) is 13.8 Å². The molecule has 3 atom stereocenters. The van der Waals surface area contributed by atoms with Gasteiger partial charge in [0.2, 0.25) is 5.91 Å². The van der Waals surface area contributed by atoms with Crippen molar-refractivity contribution in [3.8, 4) is 0 Å². The smallest absolute Gasteiger partial charge is 0.308 e. The summed E-state index contributed by atoms with van der Waals surface area (Å²) in [6.45, 7) is 6.01. The average Bonchev–Trinajstić information content (AvgIpc) is 2.65. The summed E-state index contributed by atoms with van der Waals surface area (Å²) in [6, 6.07) is -0.357. The SMILES string of the molecule is CC(NC(=O)C1(C)CCCN1)C(C)C(=O)O. The van der Waals surface area contributed by atoms with E-state index in [0.29, 0.717) is 0 Å². The summed E-state index contributed by atoms with van der Waals surface area (Å²) in [5.74, 6) is -1.57. The predicted octanol–water partition coefficient (Wildman–Crippen LogP) is 0.354. The van der Waals surface area contributed by atoms with Gasteiger partial charge in [0.05, 0.1) is 11.5 Å². The molecular weight excluding hydrogens is 208 g/mol. The van der Waals surface area contributed by atoms with Gasteiger partial charge in [0.25, 0.3) is 0 Å². The Morgan fingerprint density at radius 2 is 2.06 bits per heavy atom. The van der Waals surface area contributed by atoms with Gasteiger partial charge in [-0.25, -0.2) is 0 Å². The normalized spacial score (nSPS) is 28.4. The molecule has 0 spiro atoms. The zero-order valence-corrected chi connectivity index (χ0v) is 10.0. The maximum Gasteiger partial charge on any atom is 0.308 e. The Morgan fingerprint density at radius 1 is 1.44 bits per heavy atom. The van der Waals surface area contributed by atoms with Gasteiger partial charge in [-0.1, -0.05) is 0 Å². The molecule has 0 radical (unpaired) electrons. The molecule has 1 fully saturated rings. The first-order valence-electron chi connectivity index (χ1n) is 5.65. The third-order valence-corrected chi connectivity index (χ3v) is 3.37. The van der Waals surface area contributed by atoms with Crippen LogP contribution in [-0.2, 0) is 9.59 Å². The summed E-state index contributed by atoms with van der Waals surface area (Å²) in [4.78, 5) is 22.7. The number of carbonyl (C=O) groups is 2. The fourth-order valence-corrected chi connectivity index (χ4v) is 1.79. The molecule has 3 N–H and O–H groups in total. The molecule has 1 rings (SSSR count). The number of hydrogen-bond acceptors (Lipinski definition) is 3. The molecule has 5 nitrogen and oxygen atoms in total. The molecule has 3 unspecified atom stereocenters. The molecule has 0 aromatic carbocycles. The third-order valence-electron chi connectivity index (χ3n) is 3.37. The van der Waals surface area contributed by atoms with Crippen molar-refractivity contribution >= 4 is 11.9 Å². The number of nitrogens with one attached hydrogen (secondary N) is 2. The Kier molecular flexibility index (Phi) is 3.91. The molecule has 0 aromatic heterocycles. The van der Waals surface area contributed by atoms with Crippen LogP contribution in [0.15, 0.2) is 0 Å². The average molecular weight is 228 g/mol. The van der Waals surface area contributed by atoms with Crippen LogP contribution in [0.25, 0.3) is 0 Å². The van der Waals surface area contributed by atoms with Crippen molar-refractivity contribution < 1.29 is 14.7 Å². The van der Waals surface area contributed by atoms with Crippen LogP contribution in [0.1, 0.15) is 33.6 Å². The predicted molar refractivity (Wildman–Crippen MR) is 60.0 cm³/mol. The minimum Gasteiger partial charge on any atom is -0.481 e. The number of carbonyl (C=O) groups excluding carboxylic acids is 1. The molecule has 0 bridgehead atoms. The summed E-state index contributed by atoms with van der Waals surface area (Å²) < 4.78 is 0. The zero-order valence-electron chi connectivity index (χ0n) is 10.0. The van der Waals surface area contributed by atoms with Gasteiger partial charge < -0.3 is 15.7 Å². The number of rotatable bonds is 4. The van der Waals surface area contributed by atoms with Crippen LogP contribution in [0.2, 0.25) is 0 Å². The first-order valence-corrected chi connectivity index (χ1v) is 5.65. The largest absolute Gasteiger partial charge is 0.481 e. The lowest BCUT2D eigenvalue weighted by Crippen LogP contribution is -2.54. The minimum absolute atomic E-state index is 0.106. The molecule has 1 aliphatic rings. The second kappa shape index (κ2) is 4.82. The topological polar surface area (TPSA) is 78.4 Å². The highest BCUT2D eigenvalue weighted by Crippen LogP contribution is 2.19. The summed E-state index contributed by atoms with van der Waals surface area (Å²) in [5.41, 5.74) is -0.535. The van der Waals surface area contributed by atoms with Crippen LogP contribution >= 0.6 is 0 Å².